The summed E-state index contributed by atoms with van der Waals surface area (Å²) in [5, 5.41) is 7.22. The molecule has 0 aromatic heterocycles. The van der Waals surface area contributed by atoms with Crippen LogP contribution < -0.4 is 15.4 Å². The number of benzene rings is 1. The molecule has 1 aromatic carbocycles. The Bertz CT molecular complexity index is 572. The second-order valence-corrected chi connectivity index (χ2v) is 8.67. The summed E-state index contributed by atoms with van der Waals surface area (Å²) in [7, 11) is 1.11. The highest BCUT2D eigenvalue weighted by molar-refractivity contribution is 14.0. The van der Waals surface area contributed by atoms with Crippen molar-refractivity contribution in [3.63, 3.8) is 0 Å². The van der Waals surface area contributed by atoms with Gasteiger partial charge in [0.15, 0.2) is 5.96 Å². The fourth-order valence-electron chi connectivity index (χ4n) is 3.28. The number of guanidine groups is 1. The van der Waals surface area contributed by atoms with E-state index in [0.717, 1.165) is 69.1 Å². The van der Waals surface area contributed by atoms with Gasteiger partial charge in [0, 0.05) is 41.4 Å². The van der Waals surface area contributed by atoms with Gasteiger partial charge in [-0.05, 0) is 44.2 Å². The second kappa shape index (κ2) is 14.2. The standard InChI is InChI=1S/C20H33N3O2S.HI/c1-3-26(24)19-13-9-10-17(16-19)23-20(21-2)22-14-7-8-15-25-18-11-5-4-6-12-18;/h4-6,11-12,17,19H,3,7-10,13-16H2,1-2H3,(H2,21,22,23);1H. The molecule has 0 amide bonds. The molecule has 154 valence electrons. The number of aliphatic imine (C=N–C) groups is 1. The van der Waals surface area contributed by atoms with Crippen LogP contribution in [0.25, 0.3) is 0 Å². The monoisotopic (exact) mass is 507 g/mol. The maximum absolute atomic E-state index is 12.1. The second-order valence-electron chi connectivity index (χ2n) is 6.67. The Morgan fingerprint density at radius 2 is 2.04 bits per heavy atom. The van der Waals surface area contributed by atoms with E-state index in [0.29, 0.717) is 11.3 Å². The number of unbranched alkanes of at least 4 members (excludes halogenated alkanes) is 1. The molecule has 1 aliphatic carbocycles. The average Bonchev–Trinajstić information content (AvgIpc) is 2.70. The highest BCUT2D eigenvalue weighted by Gasteiger charge is 2.25. The van der Waals surface area contributed by atoms with Crippen molar-refractivity contribution in [2.45, 2.75) is 56.7 Å². The maximum atomic E-state index is 12.1. The zero-order chi connectivity index (χ0) is 18.6. The molecule has 7 heteroatoms. The van der Waals surface area contributed by atoms with Crippen LogP contribution in [-0.4, -0.2) is 47.4 Å². The van der Waals surface area contributed by atoms with Gasteiger partial charge in [-0.1, -0.05) is 31.5 Å². The largest absolute Gasteiger partial charge is 0.494 e. The Balaban J connectivity index is 0.00000364. The summed E-state index contributed by atoms with van der Waals surface area (Å²) < 4.78 is 17.8. The summed E-state index contributed by atoms with van der Waals surface area (Å²) in [5.41, 5.74) is 0. The van der Waals surface area contributed by atoms with Crippen LogP contribution in [0.3, 0.4) is 0 Å². The van der Waals surface area contributed by atoms with E-state index in [4.69, 9.17) is 4.74 Å². The summed E-state index contributed by atoms with van der Waals surface area (Å²) in [6, 6.07) is 10.3. The summed E-state index contributed by atoms with van der Waals surface area (Å²) in [4.78, 5) is 4.32. The van der Waals surface area contributed by atoms with Gasteiger partial charge in [0.1, 0.15) is 5.75 Å². The first kappa shape index (κ1) is 24.2. The molecule has 0 heterocycles. The third kappa shape index (κ3) is 9.27. The lowest BCUT2D eigenvalue weighted by Gasteiger charge is -2.30. The highest BCUT2D eigenvalue weighted by Crippen LogP contribution is 2.22. The van der Waals surface area contributed by atoms with Gasteiger partial charge in [-0.25, -0.2) is 0 Å². The fourth-order valence-corrected chi connectivity index (χ4v) is 4.63. The van der Waals surface area contributed by atoms with Crippen LogP contribution in [0.15, 0.2) is 35.3 Å². The molecule has 5 nitrogen and oxygen atoms in total. The molecule has 0 bridgehead atoms. The summed E-state index contributed by atoms with van der Waals surface area (Å²) in [6.45, 7) is 3.61. The third-order valence-electron chi connectivity index (χ3n) is 4.72. The molecule has 2 N–H and O–H groups in total. The number of nitrogens with one attached hydrogen (secondary N) is 2. The van der Waals surface area contributed by atoms with E-state index >= 15 is 0 Å². The number of ether oxygens (including phenoxy) is 1. The molecule has 1 aliphatic rings. The zero-order valence-corrected chi connectivity index (χ0v) is 19.6. The van der Waals surface area contributed by atoms with Crippen molar-refractivity contribution in [1.82, 2.24) is 10.6 Å². The summed E-state index contributed by atoms with van der Waals surface area (Å²) in [6.07, 6.45) is 6.36. The van der Waals surface area contributed by atoms with E-state index < -0.39 is 10.8 Å². The molecule has 2 rings (SSSR count). The number of hydrogen-bond donors (Lipinski definition) is 2. The smallest absolute Gasteiger partial charge is 0.191 e. The Hall–Kier alpha value is -0.830. The van der Waals surface area contributed by atoms with Gasteiger partial charge in [-0.15, -0.1) is 24.0 Å². The van der Waals surface area contributed by atoms with E-state index in [9.17, 15) is 4.21 Å². The van der Waals surface area contributed by atoms with E-state index in [1.807, 2.05) is 37.3 Å². The topological polar surface area (TPSA) is 62.7 Å². The Kier molecular flexibility index (Phi) is 12.7. The number of nitrogens with zero attached hydrogens (tertiary/aromatic N) is 1. The number of hydrogen-bond acceptors (Lipinski definition) is 3. The Morgan fingerprint density at radius 1 is 1.26 bits per heavy atom. The lowest BCUT2D eigenvalue weighted by molar-refractivity contribution is 0.307. The van der Waals surface area contributed by atoms with Gasteiger partial charge in [0.2, 0.25) is 0 Å². The van der Waals surface area contributed by atoms with Gasteiger partial charge in [-0.2, -0.15) is 0 Å². The van der Waals surface area contributed by atoms with Crippen LogP contribution >= 0.6 is 24.0 Å². The van der Waals surface area contributed by atoms with Crippen molar-refractivity contribution >= 4 is 40.7 Å². The predicted molar refractivity (Wildman–Crippen MR) is 126 cm³/mol. The molecule has 0 saturated heterocycles. The minimum Gasteiger partial charge on any atom is -0.494 e. The van der Waals surface area contributed by atoms with Gasteiger partial charge in [0.25, 0.3) is 0 Å². The fraction of sp³-hybridized carbons (Fsp3) is 0.650. The predicted octanol–water partition coefficient (Wildman–Crippen LogP) is 3.71. The molecule has 27 heavy (non-hydrogen) atoms. The van der Waals surface area contributed by atoms with Crippen LogP contribution in [0, 0.1) is 0 Å². The SMILES string of the molecule is CCS(=O)C1CCCC(NC(=NC)NCCCCOc2ccccc2)C1.I. The molecule has 3 unspecified atom stereocenters. The number of para-hydroxylation sites is 1. The number of rotatable bonds is 9. The van der Waals surface area contributed by atoms with Crippen molar-refractivity contribution in [2.24, 2.45) is 4.99 Å². The molecular weight excluding hydrogens is 473 g/mol. The Labute approximate surface area is 183 Å². The first-order valence-corrected chi connectivity index (χ1v) is 11.1. The van der Waals surface area contributed by atoms with E-state index in [1.165, 1.54) is 0 Å². The highest BCUT2D eigenvalue weighted by atomic mass is 127. The minimum absolute atomic E-state index is 0. The van der Waals surface area contributed by atoms with Gasteiger partial charge >= 0.3 is 0 Å². The van der Waals surface area contributed by atoms with E-state index in [-0.39, 0.29) is 24.0 Å². The van der Waals surface area contributed by atoms with Crippen LogP contribution in [0.4, 0.5) is 0 Å². The van der Waals surface area contributed by atoms with Crippen LogP contribution in [0.1, 0.15) is 45.4 Å². The molecule has 0 aliphatic heterocycles. The van der Waals surface area contributed by atoms with Crippen molar-refractivity contribution in [3.8, 4) is 5.75 Å². The van der Waals surface area contributed by atoms with Crippen LogP contribution in [-0.2, 0) is 10.8 Å². The van der Waals surface area contributed by atoms with Gasteiger partial charge in [-0.3, -0.25) is 9.20 Å². The molecule has 1 fully saturated rings. The van der Waals surface area contributed by atoms with E-state index in [2.05, 4.69) is 15.6 Å². The van der Waals surface area contributed by atoms with Crippen LogP contribution in [0.5, 0.6) is 5.75 Å². The Morgan fingerprint density at radius 3 is 2.74 bits per heavy atom. The van der Waals surface area contributed by atoms with Crippen molar-refractivity contribution in [1.29, 1.82) is 0 Å². The van der Waals surface area contributed by atoms with Crippen molar-refractivity contribution in [2.75, 3.05) is 26.0 Å². The zero-order valence-electron chi connectivity index (χ0n) is 16.5. The quantitative estimate of drug-likeness (QED) is 0.232. The van der Waals surface area contributed by atoms with E-state index in [1.54, 1.807) is 7.05 Å². The van der Waals surface area contributed by atoms with Crippen LogP contribution in [0.2, 0.25) is 0 Å². The molecule has 0 spiro atoms. The van der Waals surface area contributed by atoms with Gasteiger partial charge in [0.05, 0.1) is 6.61 Å². The minimum atomic E-state index is -0.690. The normalized spacial score (nSPS) is 21.0. The van der Waals surface area contributed by atoms with Crippen molar-refractivity contribution in [3.05, 3.63) is 30.3 Å². The number of halogens is 1. The maximum Gasteiger partial charge on any atom is 0.191 e. The molecule has 1 saturated carbocycles. The molecule has 1 aromatic rings. The average molecular weight is 507 g/mol. The summed E-state index contributed by atoms with van der Waals surface area (Å²) in [5.74, 6) is 2.53. The molecule has 0 radical (unpaired) electrons. The van der Waals surface area contributed by atoms with Gasteiger partial charge < -0.3 is 15.4 Å². The molecular formula is C20H34IN3O2S. The summed E-state index contributed by atoms with van der Waals surface area (Å²) >= 11 is 0. The lowest BCUT2D eigenvalue weighted by Crippen LogP contribution is -2.46. The third-order valence-corrected chi connectivity index (χ3v) is 6.46. The first-order chi connectivity index (χ1) is 12.7. The first-order valence-electron chi connectivity index (χ1n) is 9.75. The lowest BCUT2D eigenvalue weighted by atomic mass is 9.95. The van der Waals surface area contributed by atoms with Crippen molar-refractivity contribution < 1.29 is 8.95 Å². The molecule has 3 atom stereocenters.